The number of aryl methyl sites for hydroxylation is 2. The monoisotopic (exact) mass is 233 g/mol. The number of nitrogens with one attached hydrogen (secondary N) is 1. The minimum Gasteiger partial charge on any atom is -0.380 e. The van der Waals surface area contributed by atoms with Gasteiger partial charge in [-0.15, -0.1) is 0 Å². The molecule has 2 rings (SSSR count). The molecule has 0 bridgehead atoms. The fraction of sp³-hybridized carbons (Fsp3) is 0.600. The van der Waals surface area contributed by atoms with Crippen LogP contribution in [-0.2, 0) is 11.3 Å². The highest BCUT2D eigenvalue weighted by atomic mass is 16.5. The molecule has 0 spiro atoms. The molecular formula is C15H23NO. The summed E-state index contributed by atoms with van der Waals surface area (Å²) < 4.78 is 5.59. The number of benzene rings is 1. The molecule has 1 aliphatic carbocycles. The van der Waals surface area contributed by atoms with E-state index in [0.29, 0.717) is 0 Å². The Hall–Kier alpha value is -0.860. The van der Waals surface area contributed by atoms with Crippen molar-refractivity contribution in [1.29, 1.82) is 0 Å². The molecule has 17 heavy (non-hydrogen) atoms. The first-order valence-corrected chi connectivity index (χ1v) is 6.61. The van der Waals surface area contributed by atoms with E-state index in [-0.39, 0.29) is 0 Å². The van der Waals surface area contributed by atoms with Gasteiger partial charge in [-0.25, -0.2) is 0 Å². The lowest BCUT2D eigenvalue weighted by molar-refractivity contribution is 0.126. The van der Waals surface area contributed by atoms with Gasteiger partial charge in [0, 0.05) is 19.7 Å². The van der Waals surface area contributed by atoms with E-state index in [2.05, 4.69) is 37.4 Å². The molecule has 0 heterocycles. The fourth-order valence-corrected chi connectivity index (χ4v) is 2.02. The maximum Gasteiger partial charge on any atom is 0.0591 e. The van der Waals surface area contributed by atoms with E-state index < -0.39 is 0 Å². The first-order valence-electron chi connectivity index (χ1n) is 6.61. The minimum absolute atomic E-state index is 0.835. The summed E-state index contributed by atoms with van der Waals surface area (Å²) in [6, 6.07) is 6.47. The van der Waals surface area contributed by atoms with Gasteiger partial charge < -0.3 is 10.1 Å². The summed E-state index contributed by atoms with van der Waals surface area (Å²) in [5.74, 6) is 0.869. The molecule has 1 aromatic rings. The molecule has 1 saturated carbocycles. The summed E-state index contributed by atoms with van der Waals surface area (Å²) in [6.07, 6.45) is 2.74. The summed E-state index contributed by atoms with van der Waals surface area (Å²) in [7, 11) is 0. The third-order valence-electron chi connectivity index (χ3n) is 3.42. The number of rotatable bonds is 7. The molecule has 94 valence electrons. The third-order valence-corrected chi connectivity index (χ3v) is 3.42. The summed E-state index contributed by atoms with van der Waals surface area (Å²) in [6.45, 7) is 8.04. The molecule has 0 unspecified atom stereocenters. The zero-order chi connectivity index (χ0) is 12.1. The average molecular weight is 233 g/mol. The van der Waals surface area contributed by atoms with E-state index in [1.54, 1.807) is 0 Å². The second kappa shape index (κ2) is 6.18. The van der Waals surface area contributed by atoms with Crippen LogP contribution in [0.1, 0.15) is 29.5 Å². The number of ether oxygens (including phenoxy) is 1. The lowest BCUT2D eigenvalue weighted by Crippen LogP contribution is -2.20. The lowest BCUT2D eigenvalue weighted by atomic mass is 10.0. The van der Waals surface area contributed by atoms with E-state index in [1.165, 1.54) is 29.5 Å². The van der Waals surface area contributed by atoms with Crippen molar-refractivity contribution < 1.29 is 4.74 Å². The quantitative estimate of drug-likeness (QED) is 0.731. The molecule has 1 aliphatic rings. The molecule has 1 aromatic carbocycles. The third kappa shape index (κ3) is 4.14. The first kappa shape index (κ1) is 12.6. The van der Waals surface area contributed by atoms with Crippen molar-refractivity contribution in [3.8, 4) is 0 Å². The van der Waals surface area contributed by atoms with Gasteiger partial charge in [-0.2, -0.15) is 0 Å². The van der Waals surface area contributed by atoms with Gasteiger partial charge in [0.1, 0.15) is 0 Å². The highest BCUT2D eigenvalue weighted by Gasteiger charge is 2.20. The normalized spacial score (nSPS) is 15.2. The molecule has 0 radical (unpaired) electrons. The Morgan fingerprint density at radius 2 is 1.94 bits per heavy atom. The molecule has 0 saturated heterocycles. The molecule has 2 nitrogen and oxygen atoms in total. The van der Waals surface area contributed by atoms with E-state index >= 15 is 0 Å². The Balaban J connectivity index is 1.63. The Morgan fingerprint density at radius 1 is 1.24 bits per heavy atom. The second-order valence-corrected chi connectivity index (χ2v) is 5.07. The van der Waals surface area contributed by atoms with Crippen molar-refractivity contribution in [1.82, 2.24) is 5.32 Å². The molecular weight excluding hydrogens is 210 g/mol. The van der Waals surface area contributed by atoms with Crippen LogP contribution in [0.15, 0.2) is 18.2 Å². The Labute approximate surface area is 104 Å². The topological polar surface area (TPSA) is 21.3 Å². The van der Waals surface area contributed by atoms with Crippen LogP contribution in [0.2, 0.25) is 0 Å². The maximum absolute atomic E-state index is 5.59. The molecule has 0 atom stereocenters. The van der Waals surface area contributed by atoms with Crippen LogP contribution in [-0.4, -0.2) is 19.8 Å². The molecule has 1 fully saturated rings. The Morgan fingerprint density at radius 3 is 2.59 bits per heavy atom. The van der Waals surface area contributed by atoms with E-state index in [9.17, 15) is 0 Å². The van der Waals surface area contributed by atoms with Crippen LogP contribution in [0, 0.1) is 19.8 Å². The van der Waals surface area contributed by atoms with Crippen LogP contribution < -0.4 is 5.32 Å². The van der Waals surface area contributed by atoms with Crippen molar-refractivity contribution in [3.05, 3.63) is 34.9 Å². The summed E-state index contributed by atoms with van der Waals surface area (Å²) in [5.41, 5.74) is 4.17. The predicted molar refractivity (Wildman–Crippen MR) is 71.2 cm³/mol. The fourth-order valence-electron chi connectivity index (χ4n) is 2.02. The summed E-state index contributed by atoms with van der Waals surface area (Å²) in [5, 5.41) is 3.45. The van der Waals surface area contributed by atoms with Crippen molar-refractivity contribution >= 4 is 0 Å². The molecule has 0 aliphatic heterocycles. The van der Waals surface area contributed by atoms with Gasteiger partial charge in [-0.1, -0.05) is 18.2 Å². The second-order valence-electron chi connectivity index (χ2n) is 5.07. The number of hydrogen-bond donors (Lipinski definition) is 1. The summed E-state index contributed by atoms with van der Waals surface area (Å²) >= 11 is 0. The SMILES string of the molecule is Cc1cccc(C)c1CNCCOCC1CC1. The highest BCUT2D eigenvalue weighted by Crippen LogP contribution is 2.28. The van der Waals surface area contributed by atoms with Crippen LogP contribution in [0.4, 0.5) is 0 Å². The van der Waals surface area contributed by atoms with Crippen molar-refractivity contribution in [3.63, 3.8) is 0 Å². The van der Waals surface area contributed by atoms with Crippen LogP contribution >= 0.6 is 0 Å². The van der Waals surface area contributed by atoms with Crippen LogP contribution in [0.3, 0.4) is 0 Å². The van der Waals surface area contributed by atoms with E-state index in [1.807, 2.05) is 0 Å². The highest BCUT2D eigenvalue weighted by molar-refractivity contribution is 5.33. The Bertz CT molecular complexity index is 338. The molecule has 1 N–H and O–H groups in total. The van der Waals surface area contributed by atoms with Crippen molar-refractivity contribution in [2.75, 3.05) is 19.8 Å². The smallest absolute Gasteiger partial charge is 0.0591 e. The van der Waals surface area contributed by atoms with Crippen molar-refractivity contribution in [2.45, 2.75) is 33.2 Å². The van der Waals surface area contributed by atoms with Crippen LogP contribution in [0.5, 0.6) is 0 Å². The minimum atomic E-state index is 0.835. The van der Waals surface area contributed by atoms with Gasteiger partial charge >= 0.3 is 0 Å². The standard InChI is InChI=1S/C15H23NO/c1-12-4-3-5-13(2)15(12)10-16-8-9-17-11-14-6-7-14/h3-5,14,16H,6-11H2,1-2H3. The summed E-state index contributed by atoms with van der Waals surface area (Å²) in [4.78, 5) is 0. The van der Waals surface area contributed by atoms with Crippen LogP contribution in [0.25, 0.3) is 0 Å². The predicted octanol–water partition coefficient (Wildman–Crippen LogP) is 2.82. The van der Waals surface area contributed by atoms with Gasteiger partial charge in [-0.3, -0.25) is 0 Å². The maximum atomic E-state index is 5.59. The zero-order valence-electron chi connectivity index (χ0n) is 11.0. The average Bonchev–Trinajstić information content (AvgIpc) is 3.10. The largest absolute Gasteiger partial charge is 0.380 e. The van der Waals surface area contributed by atoms with Gasteiger partial charge in [0.15, 0.2) is 0 Å². The number of hydrogen-bond acceptors (Lipinski definition) is 2. The van der Waals surface area contributed by atoms with Gasteiger partial charge in [0.25, 0.3) is 0 Å². The van der Waals surface area contributed by atoms with E-state index in [0.717, 1.165) is 32.2 Å². The van der Waals surface area contributed by atoms with Crippen molar-refractivity contribution in [2.24, 2.45) is 5.92 Å². The first-order chi connectivity index (χ1) is 8.27. The molecule has 0 amide bonds. The lowest BCUT2D eigenvalue weighted by Gasteiger charge is -2.11. The van der Waals surface area contributed by atoms with Gasteiger partial charge in [0.05, 0.1) is 6.61 Å². The molecule has 0 aromatic heterocycles. The van der Waals surface area contributed by atoms with Gasteiger partial charge in [-0.05, 0) is 49.3 Å². The van der Waals surface area contributed by atoms with Gasteiger partial charge in [0.2, 0.25) is 0 Å². The zero-order valence-corrected chi connectivity index (χ0v) is 11.0. The molecule has 2 heteroatoms. The van der Waals surface area contributed by atoms with E-state index in [4.69, 9.17) is 4.74 Å². The Kier molecular flexibility index (Phi) is 4.57.